The van der Waals surface area contributed by atoms with Crippen LogP contribution in [-0.4, -0.2) is 58.0 Å². The monoisotopic (exact) mass is 435 g/mol. The highest BCUT2D eigenvalue weighted by Gasteiger charge is 2.28. The van der Waals surface area contributed by atoms with Crippen molar-refractivity contribution in [3.63, 3.8) is 0 Å². The van der Waals surface area contributed by atoms with Crippen LogP contribution >= 0.6 is 11.3 Å². The molecule has 156 valence electrons. The average molecular weight is 436 g/mol. The van der Waals surface area contributed by atoms with Crippen molar-refractivity contribution >= 4 is 38.6 Å². The van der Waals surface area contributed by atoms with Crippen molar-refractivity contribution in [1.29, 1.82) is 0 Å². The third-order valence-electron chi connectivity index (χ3n) is 5.21. The molecule has 0 unspecified atom stereocenters. The molecule has 4 rings (SSSR count). The first-order valence-corrected chi connectivity index (χ1v) is 12.2. The van der Waals surface area contributed by atoms with E-state index in [-0.39, 0.29) is 17.2 Å². The number of morpholine rings is 1. The summed E-state index contributed by atoms with van der Waals surface area (Å²) in [6, 6.07) is 8.90. The molecule has 0 radical (unpaired) electrons. The molecular weight excluding hydrogens is 410 g/mol. The maximum atomic E-state index is 13.1. The van der Waals surface area contributed by atoms with Crippen molar-refractivity contribution in [2.75, 3.05) is 49.6 Å². The van der Waals surface area contributed by atoms with Crippen LogP contribution in [0.3, 0.4) is 0 Å². The normalized spacial score (nSPS) is 18.1. The minimum absolute atomic E-state index is 0.145. The lowest BCUT2D eigenvalue weighted by Crippen LogP contribution is -2.40. The van der Waals surface area contributed by atoms with E-state index in [1.54, 1.807) is 12.1 Å². The number of hydrogen-bond acceptors (Lipinski definition) is 6. The van der Waals surface area contributed by atoms with Crippen LogP contribution in [0, 0.1) is 0 Å². The van der Waals surface area contributed by atoms with E-state index in [1.807, 2.05) is 23.6 Å². The number of carbonyl (C=O) groups excluding carboxylic acids is 1. The first-order valence-electron chi connectivity index (χ1n) is 9.83. The smallest absolute Gasteiger partial charge is 0.243 e. The number of anilines is 2. The summed E-state index contributed by atoms with van der Waals surface area (Å²) >= 11 is 1.53. The maximum Gasteiger partial charge on any atom is 0.243 e. The minimum atomic E-state index is -3.62. The molecule has 2 aliphatic rings. The second kappa shape index (κ2) is 8.83. The van der Waals surface area contributed by atoms with Gasteiger partial charge in [-0.05, 0) is 42.5 Å². The van der Waals surface area contributed by atoms with Gasteiger partial charge in [0, 0.05) is 31.1 Å². The van der Waals surface area contributed by atoms with Gasteiger partial charge >= 0.3 is 0 Å². The summed E-state index contributed by atoms with van der Waals surface area (Å²) < 4.78 is 32.8. The Labute approximate surface area is 175 Å². The molecule has 9 heteroatoms. The van der Waals surface area contributed by atoms with Gasteiger partial charge in [0.2, 0.25) is 15.9 Å². The molecule has 7 nitrogen and oxygen atoms in total. The summed E-state index contributed by atoms with van der Waals surface area (Å²) in [6.45, 7) is 3.30. The number of nitrogens with one attached hydrogen (secondary N) is 1. The standard InChI is InChI=1S/C20H25N3O4S2/c24-20(14-16-4-3-13-28-16)21-18-15-17(5-6-19(18)22-7-1-2-8-22)29(25,26)23-9-11-27-12-10-23/h3-6,13,15H,1-2,7-12,14H2,(H,21,24). The number of rotatable bonds is 6. The lowest BCUT2D eigenvalue weighted by atomic mass is 10.2. The van der Waals surface area contributed by atoms with Gasteiger partial charge in [-0.1, -0.05) is 6.07 Å². The molecule has 2 aliphatic heterocycles. The fraction of sp³-hybridized carbons (Fsp3) is 0.450. The van der Waals surface area contributed by atoms with Gasteiger partial charge in [0.1, 0.15) is 0 Å². The Morgan fingerprint density at radius 2 is 1.86 bits per heavy atom. The van der Waals surface area contributed by atoms with E-state index in [0.717, 1.165) is 36.5 Å². The van der Waals surface area contributed by atoms with Crippen molar-refractivity contribution in [1.82, 2.24) is 4.31 Å². The largest absolute Gasteiger partial charge is 0.379 e. The van der Waals surface area contributed by atoms with Crippen molar-refractivity contribution in [3.05, 3.63) is 40.6 Å². The van der Waals surface area contributed by atoms with Gasteiger partial charge in [0.25, 0.3) is 0 Å². The van der Waals surface area contributed by atoms with Gasteiger partial charge in [0.15, 0.2) is 0 Å². The lowest BCUT2D eigenvalue weighted by Gasteiger charge is -2.27. The molecule has 1 amide bonds. The third-order valence-corrected chi connectivity index (χ3v) is 7.98. The highest BCUT2D eigenvalue weighted by atomic mass is 32.2. The van der Waals surface area contributed by atoms with Crippen molar-refractivity contribution < 1.29 is 17.9 Å². The van der Waals surface area contributed by atoms with E-state index in [1.165, 1.54) is 15.6 Å². The Bertz CT molecular complexity index is 948. The topological polar surface area (TPSA) is 79.0 Å². The van der Waals surface area contributed by atoms with Crippen LogP contribution in [-0.2, 0) is 26.0 Å². The Kier molecular flexibility index (Phi) is 6.19. The summed E-state index contributed by atoms with van der Waals surface area (Å²) in [5, 5.41) is 4.90. The zero-order chi connectivity index (χ0) is 20.3. The SMILES string of the molecule is O=C(Cc1cccs1)Nc1cc(S(=O)(=O)N2CCOCC2)ccc1N1CCCC1. The van der Waals surface area contributed by atoms with Gasteiger partial charge in [-0.15, -0.1) is 11.3 Å². The van der Waals surface area contributed by atoms with E-state index in [9.17, 15) is 13.2 Å². The molecule has 3 heterocycles. The van der Waals surface area contributed by atoms with Crippen LogP contribution in [0.15, 0.2) is 40.6 Å². The molecule has 1 aromatic heterocycles. The fourth-order valence-corrected chi connectivity index (χ4v) is 5.85. The average Bonchev–Trinajstić information content (AvgIpc) is 3.43. The molecule has 0 atom stereocenters. The van der Waals surface area contributed by atoms with Crippen molar-refractivity contribution in [3.8, 4) is 0 Å². The third kappa shape index (κ3) is 4.63. The Morgan fingerprint density at radius 3 is 2.55 bits per heavy atom. The van der Waals surface area contributed by atoms with Crippen LogP contribution in [0.4, 0.5) is 11.4 Å². The molecule has 2 fully saturated rings. The Morgan fingerprint density at radius 1 is 1.10 bits per heavy atom. The number of thiophene rings is 1. The number of benzene rings is 1. The van der Waals surface area contributed by atoms with Crippen LogP contribution in [0.5, 0.6) is 0 Å². The van der Waals surface area contributed by atoms with Gasteiger partial charge < -0.3 is 15.0 Å². The van der Waals surface area contributed by atoms with E-state index >= 15 is 0 Å². The number of ether oxygens (including phenoxy) is 1. The summed E-state index contributed by atoms with van der Waals surface area (Å²) in [4.78, 5) is 16.0. The molecule has 2 saturated heterocycles. The highest BCUT2D eigenvalue weighted by Crippen LogP contribution is 2.32. The predicted octanol–water partition coefficient (Wildman–Crippen LogP) is 2.55. The van der Waals surface area contributed by atoms with Gasteiger partial charge in [0.05, 0.1) is 35.9 Å². The number of sulfonamides is 1. The summed E-state index contributed by atoms with van der Waals surface area (Å²) in [5.74, 6) is -0.145. The summed E-state index contributed by atoms with van der Waals surface area (Å²) in [7, 11) is -3.62. The first kappa shape index (κ1) is 20.3. The molecule has 0 spiro atoms. The number of carbonyl (C=O) groups is 1. The maximum absolute atomic E-state index is 13.1. The second-order valence-corrected chi connectivity index (χ2v) is 10.2. The molecule has 0 bridgehead atoms. The van der Waals surface area contributed by atoms with E-state index < -0.39 is 10.0 Å². The molecular formula is C20H25N3O4S2. The zero-order valence-electron chi connectivity index (χ0n) is 16.2. The number of hydrogen-bond donors (Lipinski definition) is 1. The van der Waals surface area contributed by atoms with Crippen LogP contribution < -0.4 is 10.2 Å². The van der Waals surface area contributed by atoms with Crippen LogP contribution in [0.2, 0.25) is 0 Å². The summed E-state index contributed by atoms with van der Waals surface area (Å²) in [5.41, 5.74) is 1.44. The molecule has 2 aromatic rings. The molecule has 0 aliphatic carbocycles. The number of nitrogens with zero attached hydrogens (tertiary/aromatic N) is 2. The second-order valence-electron chi connectivity index (χ2n) is 7.19. The fourth-order valence-electron chi connectivity index (χ4n) is 3.71. The van der Waals surface area contributed by atoms with Gasteiger partial charge in [-0.25, -0.2) is 8.42 Å². The van der Waals surface area contributed by atoms with E-state index in [4.69, 9.17) is 4.74 Å². The van der Waals surface area contributed by atoms with Crippen molar-refractivity contribution in [2.45, 2.75) is 24.2 Å². The van der Waals surface area contributed by atoms with Crippen molar-refractivity contribution in [2.24, 2.45) is 0 Å². The first-order chi connectivity index (χ1) is 14.0. The zero-order valence-corrected chi connectivity index (χ0v) is 17.8. The number of amides is 1. The molecule has 1 N–H and O–H groups in total. The van der Waals surface area contributed by atoms with E-state index in [0.29, 0.717) is 32.0 Å². The predicted molar refractivity (Wildman–Crippen MR) is 114 cm³/mol. The lowest BCUT2D eigenvalue weighted by molar-refractivity contribution is -0.115. The van der Waals surface area contributed by atoms with Crippen LogP contribution in [0.25, 0.3) is 0 Å². The van der Waals surface area contributed by atoms with Crippen LogP contribution in [0.1, 0.15) is 17.7 Å². The Balaban J connectivity index is 1.62. The Hall–Kier alpha value is -1.94. The summed E-state index contributed by atoms with van der Waals surface area (Å²) in [6.07, 6.45) is 2.46. The van der Waals surface area contributed by atoms with E-state index in [2.05, 4.69) is 10.2 Å². The van der Waals surface area contributed by atoms with Gasteiger partial charge in [-0.3, -0.25) is 4.79 Å². The molecule has 29 heavy (non-hydrogen) atoms. The molecule has 1 aromatic carbocycles. The molecule has 0 saturated carbocycles. The minimum Gasteiger partial charge on any atom is -0.379 e. The van der Waals surface area contributed by atoms with Gasteiger partial charge in [-0.2, -0.15) is 4.31 Å². The quantitative estimate of drug-likeness (QED) is 0.754. The highest BCUT2D eigenvalue weighted by molar-refractivity contribution is 7.89.